The molecule has 0 saturated carbocycles. The first kappa shape index (κ1) is 27.6. The normalized spacial score (nSPS) is 11.9. The summed E-state index contributed by atoms with van der Waals surface area (Å²) < 4.78 is 41.6. The highest BCUT2D eigenvalue weighted by Crippen LogP contribution is 2.28. The Morgan fingerprint density at radius 1 is 1.06 bits per heavy atom. The third-order valence-electron chi connectivity index (χ3n) is 5.33. The van der Waals surface area contributed by atoms with Crippen molar-refractivity contribution in [3.63, 3.8) is 0 Å². The maximum Gasteiger partial charge on any atom is 0.245 e. The van der Waals surface area contributed by atoms with E-state index >= 15 is 0 Å². The van der Waals surface area contributed by atoms with Crippen LogP contribution in [0.4, 0.5) is 4.39 Å². The van der Waals surface area contributed by atoms with Gasteiger partial charge in [0.1, 0.15) is 10.7 Å². The lowest BCUT2D eigenvalue weighted by Gasteiger charge is -2.28. The maximum absolute atomic E-state index is 13.6. The molecule has 188 valence electrons. The van der Waals surface area contributed by atoms with Gasteiger partial charge in [0, 0.05) is 23.0 Å². The van der Waals surface area contributed by atoms with E-state index in [2.05, 4.69) is 0 Å². The molecule has 0 aliphatic rings. The van der Waals surface area contributed by atoms with Gasteiger partial charge in [-0.2, -0.15) is 4.31 Å². The highest BCUT2D eigenvalue weighted by molar-refractivity contribution is 7.89. The fourth-order valence-corrected chi connectivity index (χ4v) is 6.71. The number of sulfonamides is 1. The molecule has 0 spiro atoms. The summed E-state index contributed by atoms with van der Waals surface area (Å²) in [4.78, 5) is 16.0. The summed E-state index contributed by atoms with van der Waals surface area (Å²) in [5.41, 5.74) is 1.79. The standard InChI is InChI=1S/C25H27Cl2FN2O3S2/c1-17(2)13-30(35(32,33)24-12-20(26)6-9-22(24)27)16-25(31)29(15-23-18(3)10-11-34-23)14-19-4-7-21(28)8-5-19/h4-12,17H,13-16H2,1-3H3. The van der Waals surface area contributed by atoms with Gasteiger partial charge in [0.25, 0.3) is 0 Å². The molecule has 0 bridgehead atoms. The number of halogens is 3. The number of carbonyl (C=O) groups is 1. The van der Waals surface area contributed by atoms with E-state index in [1.807, 2.05) is 32.2 Å². The molecule has 0 saturated heterocycles. The van der Waals surface area contributed by atoms with E-state index in [1.54, 1.807) is 17.0 Å². The Morgan fingerprint density at radius 3 is 2.34 bits per heavy atom. The molecule has 2 aromatic carbocycles. The average Bonchev–Trinajstić information content (AvgIpc) is 3.19. The molecule has 3 aromatic rings. The van der Waals surface area contributed by atoms with Gasteiger partial charge in [0.15, 0.2) is 0 Å². The Labute approximate surface area is 220 Å². The topological polar surface area (TPSA) is 57.7 Å². The van der Waals surface area contributed by atoms with E-state index in [0.29, 0.717) is 6.54 Å². The molecule has 10 heteroatoms. The van der Waals surface area contributed by atoms with Crippen LogP contribution in [0.5, 0.6) is 0 Å². The largest absolute Gasteiger partial charge is 0.332 e. The second-order valence-corrected chi connectivity index (χ2v) is 12.4. The molecular weight excluding hydrogens is 530 g/mol. The minimum absolute atomic E-state index is 0.0352. The first-order valence-electron chi connectivity index (χ1n) is 11.0. The number of hydrogen-bond donors (Lipinski definition) is 0. The lowest BCUT2D eigenvalue weighted by Crippen LogP contribution is -2.43. The van der Waals surface area contributed by atoms with Crippen LogP contribution >= 0.6 is 34.5 Å². The number of aryl methyl sites for hydroxylation is 1. The van der Waals surface area contributed by atoms with Crippen molar-refractivity contribution in [1.82, 2.24) is 9.21 Å². The van der Waals surface area contributed by atoms with Crippen LogP contribution in [-0.4, -0.2) is 36.6 Å². The van der Waals surface area contributed by atoms with E-state index in [4.69, 9.17) is 23.2 Å². The molecule has 0 atom stereocenters. The van der Waals surface area contributed by atoms with Crippen LogP contribution in [0, 0.1) is 18.7 Å². The number of benzene rings is 2. The summed E-state index contributed by atoms with van der Waals surface area (Å²) in [6, 6.07) is 12.1. The lowest BCUT2D eigenvalue weighted by molar-refractivity contribution is -0.132. The Bertz CT molecular complexity index is 1280. The minimum atomic E-state index is -4.10. The number of thiophene rings is 1. The molecule has 0 aliphatic carbocycles. The lowest BCUT2D eigenvalue weighted by atomic mass is 10.2. The molecule has 1 amide bonds. The Morgan fingerprint density at radius 2 is 1.74 bits per heavy atom. The first-order chi connectivity index (χ1) is 16.5. The van der Waals surface area contributed by atoms with Crippen molar-refractivity contribution in [2.45, 2.75) is 38.8 Å². The fraction of sp³-hybridized carbons (Fsp3) is 0.320. The third kappa shape index (κ3) is 7.27. The zero-order valence-corrected chi connectivity index (χ0v) is 22.8. The first-order valence-corrected chi connectivity index (χ1v) is 14.1. The van der Waals surface area contributed by atoms with Gasteiger partial charge in [0.05, 0.1) is 18.1 Å². The van der Waals surface area contributed by atoms with Crippen LogP contribution < -0.4 is 0 Å². The fourth-order valence-electron chi connectivity index (χ4n) is 3.50. The number of rotatable bonds is 10. The van der Waals surface area contributed by atoms with Crippen LogP contribution in [0.3, 0.4) is 0 Å². The molecule has 0 fully saturated rings. The smallest absolute Gasteiger partial charge is 0.245 e. The summed E-state index contributed by atoms with van der Waals surface area (Å²) >= 11 is 13.8. The van der Waals surface area contributed by atoms with Gasteiger partial charge >= 0.3 is 0 Å². The molecule has 0 radical (unpaired) electrons. The minimum Gasteiger partial charge on any atom is -0.332 e. The van der Waals surface area contributed by atoms with Gasteiger partial charge in [-0.25, -0.2) is 12.8 Å². The predicted molar refractivity (Wildman–Crippen MR) is 140 cm³/mol. The molecule has 0 N–H and O–H groups in total. The quantitative estimate of drug-likeness (QED) is 0.291. The van der Waals surface area contributed by atoms with Crippen LogP contribution in [0.15, 0.2) is 58.8 Å². The number of hydrogen-bond acceptors (Lipinski definition) is 4. The van der Waals surface area contributed by atoms with Crippen LogP contribution in [0.25, 0.3) is 0 Å². The molecule has 5 nitrogen and oxygen atoms in total. The molecule has 1 heterocycles. The third-order valence-corrected chi connectivity index (χ3v) is 8.87. The Kier molecular flexibility index (Phi) is 9.34. The van der Waals surface area contributed by atoms with E-state index < -0.39 is 10.0 Å². The predicted octanol–water partition coefficient (Wildman–Crippen LogP) is 6.38. The molecule has 35 heavy (non-hydrogen) atoms. The van der Waals surface area contributed by atoms with Crippen molar-refractivity contribution in [2.75, 3.05) is 13.1 Å². The summed E-state index contributed by atoms with van der Waals surface area (Å²) in [6.45, 7) is 5.99. The summed E-state index contributed by atoms with van der Waals surface area (Å²) in [6.07, 6.45) is 0. The molecule has 1 aromatic heterocycles. The Balaban J connectivity index is 1.93. The van der Waals surface area contributed by atoms with Gasteiger partial charge in [-0.1, -0.05) is 49.2 Å². The van der Waals surface area contributed by atoms with Crippen molar-refractivity contribution in [2.24, 2.45) is 5.92 Å². The summed E-state index contributed by atoms with van der Waals surface area (Å²) in [5.74, 6) is -0.779. The monoisotopic (exact) mass is 556 g/mol. The van der Waals surface area contributed by atoms with Crippen LogP contribution in [0.2, 0.25) is 10.0 Å². The van der Waals surface area contributed by atoms with Gasteiger partial charge in [-0.3, -0.25) is 4.79 Å². The SMILES string of the molecule is Cc1ccsc1CN(Cc1ccc(F)cc1)C(=O)CN(CC(C)C)S(=O)(=O)c1cc(Cl)ccc1Cl. The molecule has 0 aliphatic heterocycles. The van der Waals surface area contributed by atoms with Gasteiger partial charge in [-0.15, -0.1) is 11.3 Å². The van der Waals surface area contributed by atoms with E-state index in [9.17, 15) is 17.6 Å². The number of carbonyl (C=O) groups excluding carboxylic acids is 1. The van der Waals surface area contributed by atoms with Gasteiger partial charge in [-0.05, 0) is 65.7 Å². The van der Waals surface area contributed by atoms with Crippen molar-refractivity contribution in [3.05, 3.63) is 85.8 Å². The number of nitrogens with zero attached hydrogens (tertiary/aromatic N) is 2. The van der Waals surface area contributed by atoms with Crippen molar-refractivity contribution in [1.29, 1.82) is 0 Å². The number of amides is 1. The van der Waals surface area contributed by atoms with Gasteiger partial charge in [0.2, 0.25) is 15.9 Å². The van der Waals surface area contributed by atoms with Crippen molar-refractivity contribution >= 4 is 50.5 Å². The van der Waals surface area contributed by atoms with Gasteiger partial charge < -0.3 is 4.90 Å². The molecular formula is C25H27Cl2FN2O3S2. The van der Waals surface area contributed by atoms with Crippen molar-refractivity contribution < 1.29 is 17.6 Å². The second kappa shape index (κ2) is 11.8. The Hall–Kier alpha value is -1.97. The zero-order chi connectivity index (χ0) is 25.8. The summed E-state index contributed by atoms with van der Waals surface area (Å²) in [5, 5.41) is 2.21. The highest BCUT2D eigenvalue weighted by Gasteiger charge is 2.31. The van der Waals surface area contributed by atoms with Crippen molar-refractivity contribution in [3.8, 4) is 0 Å². The molecule has 0 unspecified atom stereocenters. The summed E-state index contributed by atoms with van der Waals surface area (Å²) in [7, 11) is -4.10. The highest BCUT2D eigenvalue weighted by atomic mass is 35.5. The van der Waals surface area contributed by atoms with E-state index in [0.717, 1.165) is 20.3 Å². The van der Waals surface area contributed by atoms with Crippen LogP contribution in [0.1, 0.15) is 29.9 Å². The van der Waals surface area contributed by atoms with E-state index in [-0.39, 0.29) is 52.2 Å². The second-order valence-electron chi connectivity index (χ2n) is 8.67. The van der Waals surface area contributed by atoms with Crippen LogP contribution in [-0.2, 0) is 27.9 Å². The maximum atomic E-state index is 13.6. The molecule has 3 rings (SSSR count). The van der Waals surface area contributed by atoms with E-state index in [1.165, 1.54) is 41.7 Å². The zero-order valence-electron chi connectivity index (χ0n) is 19.7. The average molecular weight is 558 g/mol.